The number of rotatable bonds is 6. The number of ether oxygens (including phenoxy) is 2. The topological polar surface area (TPSA) is 93.1 Å². The Morgan fingerprint density at radius 2 is 1.79 bits per heavy atom. The predicted molar refractivity (Wildman–Crippen MR) is 101 cm³/mol. The molecule has 4 aliphatic carbocycles. The van der Waals surface area contributed by atoms with E-state index < -0.39 is 22.0 Å². The van der Waals surface area contributed by atoms with Gasteiger partial charge in [-0.2, -0.15) is 8.42 Å². The fourth-order valence-electron chi connectivity index (χ4n) is 7.52. The molecule has 8 atom stereocenters. The van der Waals surface area contributed by atoms with Crippen LogP contribution in [0, 0.1) is 41.4 Å². The lowest BCUT2D eigenvalue weighted by molar-refractivity contribution is -0.158. The third-order valence-corrected chi connectivity index (χ3v) is 9.07. The van der Waals surface area contributed by atoms with Gasteiger partial charge in [0.15, 0.2) is 0 Å². The van der Waals surface area contributed by atoms with Gasteiger partial charge in [-0.25, -0.2) is 0 Å². The zero-order valence-corrected chi connectivity index (χ0v) is 17.1. The van der Waals surface area contributed by atoms with Gasteiger partial charge in [0, 0.05) is 19.6 Å². The minimum atomic E-state index is -4.21. The highest BCUT2D eigenvalue weighted by atomic mass is 32.2. The summed E-state index contributed by atoms with van der Waals surface area (Å²) >= 11 is 0. The van der Waals surface area contributed by atoms with Crippen LogP contribution in [0.5, 0.6) is 0 Å². The molecule has 0 aromatic heterocycles. The number of esters is 1. The van der Waals surface area contributed by atoms with Gasteiger partial charge in [0.1, 0.15) is 11.9 Å². The van der Waals surface area contributed by atoms with Crippen LogP contribution in [0.25, 0.3) is 0 Å². The Labute approximate surface area is 166 Å². The fraction of sp³-hybridized carbons (Fsp3) is 0.950. The largest absolute Gasteiger partial charge is 0.460 e. The second kappa shape index (κ2) is 7.22. The van der Waals surface area contributed by atoms with Crippen molar-refractivity contribution in [2.24, 2.45) is 41.4 Å². The van der Waals surface area contributed by atoms with E-state index in [1.165, 1.54) is 19.3 Å². The maximum Gasteiger partial charge on any atom is 0.309 e. The predicted octanol–water partition coefficient (Wildman–Crippen LogP) is 1.44. The normalized spacial score (nSPS) is 43.2. The monoisotopic (exact) mass is 413 g/mol. The number of nitrogens with zero attached hydrogens (tertiary/aromatic N) is 1. The molecular formula is C20H31NO6S. The Bertz CT molecular complexity index is 720. The molecule has 8 unspecified atom stereocenters. The Balaban J connectivity index is 1.25. The number of hydrogen-bond donors (Lipinski definition) is 1. The molecule has 5 aliphatic rings. The summed E-state index contributed by atoms with van der Waals surface area (Å²) in [6.07, 6.45) is 5.28. The lowest BCUT2D eigenvalue weighted by Crippen LogP contribution is -2.45. The van der Waals surface area contributed by atoms with Gasteiger partial charge < -0.3 is 9.47 Å². The lowest BCUT2D eigenvalue weighted by Gasteiger charge is -2.38. The van der Waals surface area contributed by atoms with E-state index in [4.69, 9.17) is 9.47 Å². The summed E-state index contributed by atoms with van der Waals surface area (Å²) in [4.78, 5) is 15.1. The molecule has 1 saturated heterocycles. The minimum Gasteiger partial charge on any atom is -0.460 e. The summed E-state index contributed by atoms with van der Waals surface area (Å²) in [6, 6.07) is 0. The van der Waals surface area contributed by atoms with Crippen LogP contribution in [0.1, 0.15) is 32.1 Å². The number of carbonyl (C=O) groups excluding carboxylic acids is 1. The molecule has 0 spiro atoms. The first-order valence-electron chi connectivity index (χ1n) is 10.8. The summed E-state index contributed by atoms with van der Waals surface area (Å²) in [6.45, 7) is 2.86. The summed E-state index contributed by atoms with van der Waals surface area (Å²) < 4.78 is 43.3. The maximum atomic E-state index is 13.0. The molecule has 5 fully saturated rings. The molecule has 28 heavy (non-hydrogen) atoms. The Morgan fingerprint density at radius 1 is 1.07 bits per heavy atom. The van der Waals surface area contributed by atoms with Crippen LogP contribution in [0.4, 0.5) is 0 Å². The van der Waals surface area contributed by atoms with E-state index in [1.54, 1.807) is 0 Å². The maximum absolute atomic E-state index is 13.0. The van der Waals surface area contributed by atoms with Crippen LogP contribution in [0.2, 0.25) is 0 Å². The van der Waals surface area contributed by atoms with E-state index in [9.17, 15) is 17.8 Å². The number of carbonyl (C=O) groups is 1. The minimum absolute atomic E-state index is 0.0841. The van der Waals surface area contributed by atoms with Crippen molar-refractivity contribution < 1.29 is 27.2 Å². The van der Waals surface area contributed by atoms with Gasteiger partial charge in [0.2, 0.25) is 0 Å². The van der Waals surface area contributed by atoms with Crippen molar-refractivity contribution in [1.82, 2.24) is 4.90 Å². The molecule has 1 aliphatic heterocycles. The van der Waals surface area contributed by atoms with E-state index in [2.05, 4.69) is 0 Å². The van der Waals surface area contributed by atoms with E-state index in [-0.39, 0.29) is 11.9 Å². The quantitative estimate of drug-likeness (QED) is 0.400. The molecule has 0 aromatic rings. The number of hydrogen-bond acceptors (Lipinski definition) is 6. The molecule has 5 rings (SSSR count). The first-order chi connectivity index (χ1) is 13.4. The smallest absolute Gasteiger partial charge is 0.309 e. The number of morpholine rings is 1. The molecule has 0 radical (unpaired) electrons. The molecule has 4 saturated carbocycles. The Morgan fingerprint density at radius 3 is 2.50 bits per heavy atom. The van der Waals surface area contributed by atoms with Crippen molar-refractivity contribution in [3.8, 4) is 0 Å². The van der Waals surface area contributed by atoms with Gasteiger partial charge in [-0.3, -0.25) is 14.2 Å². The molecule has 0 amide bonds. The summed E-state index contributed by atoms with van der Waals surface area (Å²) in [5, 5.41) is 0. The van der Waals surface area contributed by atoms with Crippen molar-refractivity contribution in [3.05, 3.63) is 0 Å². The van der Waals surface area contributed by atoms with Crippen LogP contribution >= 0.6 is 0 Å². The van der Waals surface area contributed by atoms with Gasteiger partial charge in [0.05, 0.1) is 19.1 Å². The zero-order chi connectivity index (χ0) is 19.5. The molecule has 158 valence electrons. The fourth-order valence-corrected chi connectivity index (χ4v) is 8.16. The summed E-state index contributed by atoms with van der Waals surface area (Å²) in [5.74, 6) is 3.42. The zero-order valence-electron chi connectivity index (χ0n) is 16.2. The van der Waals surface area contributed by atoms with Gasteiger partial charge in [-0.1, -0.05) is 0 Å². The number of fused-ring (bicyclic) bond motifs is 9. The van der Waals surface area contributed by atoms with Crippen LogP contribution in [0.15, 0.2) is 0 Å². The van der Waals surface area contributed by atoms with Crippen LogP contribution < -0.4 is 0 Å². The lowest BCUT2D eigenvalue weighted by atomic mass is 9.67. The van der Waals surface area contributed by atoms with Gasteiger partial charge in [-0.15, -0.1) is 0 Å². The first-order valence-corrected chi connectivity index (χ1v) is 12.5. The van der Waals surface area contributed by atoms with Gasteiger partial charge >= 0.3 is 5.97 Å². The molecule has 1 N–H and O–H groups in total. The molecule has 7 nitrogen and oxygen atoms in total. The Kier molecular flexibility index (Phi) is 4.97. The molecule has 1 heterocycles. The molecule has 0 aromatic carbocycles. The summed E-state index contributed by atoms with van der Waals surface area (Å²) in [7, 11) is -4.21. The van der Waals surface area contributed by atoms with Crippen molar-refractivity contribution in [2.45, 2.75) is 38.2 Å². The van der Waals surface area contributed by atoms with Crippen molar-refractivity contribution >= 4 is 16.1 Å². The average Bonchev–Trinajstić information content (AvgIpc) is 3.40. The molecule has 8 heteroatoms. The Hall–Kier alpha value is -0.700. The second-order valence-corrected chi connectivity index (χ2v) is 11.2. The highest BCUT2D eigenvalue weighted by molar-refractivity contribution is 7.85. The highest BCUT2D eigenvalue weighted by Crippen LogP contribution is 2.68. The van der Waals surface area contributed by atoms with E-state index in [0.717, 1.165) is 30.6 Å². The SMILES string of the molecule is O=C(OC(CN1CCOCC1)CS(=O)(=O)O)C1CC2CC1C1C3CCC(C3)C21. The highest BCUT2D eigenvalue weighted by Gasteiger charge is 2.63. The van der Waals surface area contributed by atoms with E-state index >= 15 is 0 Å². The van der Waals surface area contributed by atoms with E-state index in [0.29, 0.717) is 50.6 Å². The standard InChI is InChI=1S/C20H31NO6S/c22-20(27-15(11-28(23,24)25)10-21-3-5-26-6-4-21)17-9-14-8-16(17)19-13-2-1-12(7-13)18(14)19/h12-19H,1-11H2,(H,23,24,25). The molecule has 4 bridgehead atoms. The third kappa shape index (κ3) is 3.50. The van der Waals surface area contributed by atoms with E-state index in [1.807, 2.05) is 4.90 Å². The van der Waals surface area contributed by atoms with Crippen LogP contribution in [-0.2, 0) is 24.4 Å². The van der Waals surface area contributed by atoms with Crippen molar-refractivity contribution in [1.29, 1.82) is 0 Å². The first kappa shape index (κ1) is 19.3. The van der Waals surface area contributed by atoms with Crippen molar-refractivity contribution in [2.75, 3.05) is 38.6 Å². The van der Waals surface area contributed by atoms with Gasteiger partial charge in [0.25, 0.3) is 10.1 Å². The third-order valence-electron chi connectivity index (χ3n) is 8.28. The van der Waals surface area contributed by atoms with Gasteiger partial charge in [-0.05, 0) is 67.6 Å². The average molecular weight is 414 g/mol. The second-order valence-electron chi connectivity index (χ2n) is 9.71. The van der Waals surface area contributed by atoms with Crippen molar-refractivity contribution in [3.63, 3.8) is 0 Å². The van der Waals surface area contributed by atoms with Crippen LogP contribution in [-0.4, -0.2) is 68.5 Å². The van der Waals surface area contributed by atoms with Crippen LogP contribution in [0.3, 0.4) is 0 Å². The molecular weight excluding hydrogens is 382 g/mol. The summed E-state index contributed by atoms with van der Waals surface area (Å²) in [5.41, 5.74) is 0.